The highest BCUT2D eigenvalue weighted by Gasteiger charge is 2.11. The van der Waals surface area contributed by atoms with E-state index < -0.39 is 0 Å². The van der Waals surface area contributed by atoms with Crippen LogP contribution < -0.4 is 5.32 Å². The smallest absolute Gasteiger partial charge is 0.224 e. The molecule has 2 nitrogen and oxygen atoms in total. The molecule has 0 unspecified atom stereocenters. The van der Waals surface area contributed by atoms with Crippen LogP contribution >= 0.6 is 11.6 Å². The Labute approximate surface area is 136 Å². The number of fused-ring (bicyclic) bond motifs is 1. The Bertz CT molecular complexity index is 681. The largest absolute Gasteiger partial charge is 0.352 e. The van der Waals surface area contributed by atoms with Crippen molar-refractivity contribution in [3.63, 3.8) is 0 Å². The highest BCUT2D eigenvalue weighted by atomic mass is 35.5. The van der Waals surface area contributed by atoms with Gasteiger partial charge in [0.25, 0.3) is 0 Å². The van der Waals surface area contributed by atoms with Crippen molar-refractivity contribution in [3.05, 3.63) is 69.7 Å². The van der Waals surface area contributed by atoms with Gasteiger partial charge in [-0.25, -0.2) is 0 Å². The van der Waals surface area contributed by atoms with Crippen molar-refractivity contribution in [1.29, 1.82) is 0 Å². The molecule has 0 aromatic heterocycles. The Morgan fingerprint density at radius 3 is 2.64 bits per heavy atom. The van der Waals surface area contributed by atoms with E-state index in [4.69, 9.17) is 11.6 Å². The Balaban J connectivity index is 1.57. The van der Waals surface area contributed by atoms with Crippen molar-refractivity contribution in [2.24, 2.45) is 0 Å². The molecule has 0 spiro atoms. The normalized spacial score (nSPS) is 13.5. The molecule has 1 N–H and O–H groups in total. The van der Waals surface area contributed by atoms with E-state index in [-0.39, 0.29) is 5.91 Å². The van der Waals surface area contributed by atoms with Gasteiger partial charge in [-0.15, -0.1) is 0 Å². The van der Waals surface area contributed by atoms with E-state index >= 15 is 0 Å². The summed E-state index contributed by atoms with van der Waals surface area (Å²) in [6, 6.07) is 14.0. The Kier molecular flexibility index (Phi) is 4.79. The van der Waals surface area contributed by atoms with Crippen molar-refractivity contribution in [1.82, 2.24) is 5.32 Å². The summed E-state index contributed by atoms with van der Waals surface area (Å²) >= 11 is 5.94. The van der Waals surface area contributed by atoms with Gasteiger partial charge in [0.2, 0.25) is 5.91 Å². The summed E-state index contributed by atoms with van der Waals surface area (Å²) in [4.78, 5) is 12.1. The molecule has 1 aliphatic rings. The highest BCUT2D eigenvalue weighted by Crippen LogP contribution is 2.22. The van der Waals surface area contributed by atoms with Crippen molar-refractivity contribution in [3.8, 4) is 0 Å². The lowest BCUT2D eigenvalue weighted by Crippen LogP contribution is -2.24. The van der Waals surface area contributed by atoms with Crippen LogP contribution in [0.5, 0.6) is 0 Å². The van der Waals surface area contributed by atoms with Crippen LogP contribution in [0.1, 0.15) is 35.1 Å². The molecule has 0 heterocycles. The quantitative estimate of drug-likeness (QED) is 0.905. The number of benzene rings is 2. The number of aryl methyl sites for hydroxylation is 2. The van der Waals surface area contributed by atoms with E-state index in [1.54, 1.807) is 0 Å². The number of rotatable bonds is 4. The van der Waals surface area contributed by atoms with Crippen molar-refractivity contribution in [2.75, 3.05) is 0 Å². The van der Waals surface area contributed by atoms with E-state index in [1.165, 1.54) is 30.4 Å². The van der Waals surface area contributed by atoms with E-state index in [1.807, 2.05) is 24.3 Å². The van der Waals surface area contributed by atoms with Gasteiger partial charge in [0, 0.05) is 11.6 Å². The lowest BCUT2D eigenvalue weighted by Gasteiger charge is -2.16. The third-order valence-electron chi connectivity index (χ3n) is 4.16. The molecule has 3 heteroatoms. The molecule has 0 fully saturated rings. The number of halogens is 1. The molecule has 22 heavy (non-hydrogen) atoms. The minimum atomic E-state index is 0.0516. The zero-order chi connectivity index (χ0) is 15.4. The van der Waals surface area contributed by atoms with Crippen LogP contribution in [0.3, 0.4) is 0 Å². The first-order valence-electron chi connectivity index (χ1n) is 7.82. The van der Waals surface area contributed by atoms with Gasteiger partial charge < -0.3 is 5.32 Å². The maximum Gasteiger partial charge on any atom is 0.224 e. The molecule has 2 aromatic carbocycles. The fraction of sp³-hybridized carbons (Fsp3) is 0.316. The van der Waals surface area contributed by atoms with Crippen LogP contribution in [0.15, 0.2) is 42.5 Å². The summed E-state index contributed by atoms with van der Waals surface area (Å²) in [5.41, 5.74) is 5.00. The topological polar surface area (TPSA) is 29.1 Å². The Morgan fingerprint density at radius 1 is 1.00 bits per heavy atom. The predicted molar refractivity (Wildman–Crippen MR) is 90.1 cm³/mol. The van der Waals surface area contributed by atoms with Gasteiger partial charge in [-0.1, -0.05) is 41.9 Å². The van der Waals surface area contributed by atoms with E-state index in [0.29, 0.717) is 18.0 Å². The van der Waals surface area contributed by atoms with Gasteiger partial charge in [-0.05, 0) is 60.1 Å². The molecule has 114 valence electrons. The molecule has 1 aliphatic carbocycles. The highest BCUT2D eigenvalue weighted by molar-refractivity contribution is 6.30. The second-order valence-corrected chi connectivity index (χ2v) is 6.33. The Morgan fingerprint density at radius 2 is 1.82 bits per heavy atom. The van der Waals surface area contributed by atoms with E-state index in [0.717, 1.165) is 17.5 Å². The zero-order valence-corrected chi connectivity index (χ0v) is 13.3. The average molecular weight is 314 g/mol. The van der Waals surface area contributed by atoms with Gasteiger partial charge in [-0.2, -0.15) is 0 Å². The molecule has 0 aliphatic heterocycles. The Hall–Kier alpha value is -1.80. The van der Waals surface area contributed by atoms with Crippen LogP contribution in [0, 0.1) is 0 Å². The van der Waals surface area contributed by atoms with Gasteiger partial charge in [0.1, 0.15) is 0 Å². The summed E-state index contributed by atoms with van der Waals surface area (Å²) in [6.07, 6.45) is 5.31. The van der Waals surface area contributed by atoms with Crippen LogP contribution in [0.2, 0.25) is 5.02 Å². The minimum Gasteiger partial charge on any atom is -0.352 e. The lowest BCUT2D eigenvalue weighted by molar-refractivity contribution is -0.120. The molecule has 3 rings (SSSR count). The van der Waals surface area contributed by atoms with Crippen molar-refractivity contribution in [2.45, 2.75) is 38.6 Å². The first kappa shape index (κ1) is 15.1. The maximum absolute atomic E-state index is 12.1. The van der Waals surface area contributed by atoms with Crippen LogP contribution in [0.4, 0.5) is 0 Å². The number of hydrogen-bond acceptors (Lipinski definition) is 1. The van der Waals surface area contributed by atoms with Gasteiger partial charge in [0.15, 0.2) is 0 Å². The van der Waals surface area contributed by atoms with Gasteiger partial charge >= 0.3 is 0 Å². The fourth-order valence-electron chi connectivity index (χ4n) is 2.99. The number of carbonyl (C=O) groups is 1. The maximum atomic E-state index is 12.1. The van der Waals surface area contributed by atoms with Crippen LogP contribution in [-0.2, 0) is 30.6 Å². The molecule has 0 bridgehead atoms. The summed E-state index contributed by atoms with van der Waals surface area (Å²) < 4.78 is 0. The zero-order valence-electron chi connectivity index (χ0n) is 12.6. The molecular weight excluding hydrogens is 294 g/mol. The molecule has 0 atom stereocenters. The second-order valence-electron chi connectivity index (χ2n) is 5.89. The minimum absolute atomic E-state index is 0.0516. The molecule has 0 saturated heterocycles. The van der Waals surface area contributed by atoms with Crippen LogP contribution in [-0.4, -0.2) is 5.91 Å². The number of hydrogen-bond donors (Lipinski definition) is 1. The second kappa shape index (κ2) is 6.97. The fourth-order valence-corrected chi connectivity index (χ4v) is 3.21. The summed E-state index contributed by atoms with van der Waals surface area (Å²) in [5, 5.41) is 3.65. The number of carbonyl (C=O) groups excluding carboxylic acids is 1. The van der Waals surface area contributed by atoms with Crippen molar-refractivity contribution >= 4 is 17.5 Å². The standard InChI is InChI=1S/C19H20ClNO/c20-18-7-3-4-15(11-18)13-21-19(22)12-14-8-9-16-5-1-2-6-17(16)10-14/h3-4,7-11H,1-2,5-6,12-13H2,(H,21,22). The molecule has 0 saturated carbocycles. The van der Waals surface area contributed by atoms with Gasteiger partial charge in [0.05, 0.1) is 6.42 Å². The third kappa shape index (κ3) is 3.89. The summed E-state index contributed by atoms with van der Waals surface area (Å²) in [6.45, 7) is 0.518. The SMILES string of the molecule is O=C(Cc1ccc2c(c1)CCCC2)NCc1cccc(Cl)c1. The number of nitrogens with one attached hydrogen (secondary N) is 1. The predicted octanol–water partition coefficient (Wildman–Crippen LogP) is 4.08. The lowest BCUT2D eigenvalue weighted by atomic mass is 9.90. The first-order chi connectivity index (χ1) is 10.7. The van der Waals surface area contributed by atoms with Crippen molar-refractivity contribution < 1.29 is 4.79 Å². The first-order valence-corrected chi connectivity index (χ1v) is 8.20. The molecular formula is C19H20ClNO. The third-order valence-corrected chi connectivity index (χ3v) is 4.39. The molecule has 0 radical (unpaired) electrons. The van der Waals surface area contributed by atoms with E-state index in [9.17, 15) is 4.79 Å². The van der Waals surface area contributed by atoms with Crippen LogP contribution in [0.25, 0.3) is 0 Å². The van der Waals surface area contributed by atoms with Gasteiger partial charge in [-0.3, -0.25) is 4.79 Å². The molecule has 1 amide bonds. The van der Waals surface area contributed by atoms with E-state index in [2.05, 4.69) is 23.5 Å². The summed E-state index contributed by atoms with van der Waals surface area (Å²) in [7, 11) is 0. The monoisotopic (exact) mass is 313 g/mol. The molecule has 2 aromatic rings. The number of amides is 1. The summed E-state index contributed by atoms with van der Waals surface area (Å²) in [5.74, 6) is 0.0516. The average Bonchev–Trinajstić information content (AvgIpc) is 2.53.